The Balaban J connectivity index is 1.96. The number of benzene rings is 1. The molecule has 0 unspecified atom stereocenters. The summed E-state index contributed by atoms with van der Waals surface area (Å²) in [5.41, 5.74) is 7.81. The Kier molecular flexibility index (Phi) is 6.16. The van der Waals surface area contributed by atoms with Crippen molar-refractivity contribution in [3.63, 3.8) is 0 Å². The van der Waals surface area contributed by atoms with Gasteiger partial charge in [0, 0.05) is 26.1 Å². The number of amides is 2. The molecule has 5 nitrogen and oxygen atoms in total. The molecule has 1 aromatic rings. The lowest BCUT2D eigenvalue weighted by Crippen LogP contribution is -2.51. The molecule has 126 valence electrons. The van der Waals surface area contributed by atoms with E-state index in [4.69, 9.17) is 5.73 Å². The van der Waals surface area contributed by atoms with Crippen molar-refractivity contribution in [1.82, 2.24) is 10.2 Å². The number of hydrogen-bond acceptors (Lipinski definition) is 3. The number of hydrogen-bond donors (Lipinski definition) is 2. The molecule has 23 heavy (non-hydrogen) atoms. The Morgan fingerprint density at radius 2 is 1.96 bits per heavy atom. The summed E-state index contributed by atoms with van der Waals surface area (Å²) in [6.45, 7) is 6.36. The molecule has 2 rings (SSSR count). The highest BCUT2D eigenvalue weighted by molar-refractivity contribution is 5.82. The molecule has 0 saturated carbocycles. The van der Waals surface area contributed by atoms with E-state index in [2.05, 4.69) is 48.3 Å². The summed E-state index contributed by atoms with van der Waals surface area (Å²) in [5.74, 6) is -0.0486. The van der Waals surface area contributed by atoms with Crippen LogP contribution in [-0.2, 0) is 22.6 Å². The second-order valence-corrected chi connectivity index (χ2v) is 6.54. The van der Waals surface area contributed by atoms with Crippen molar-refractivity contribution in [2.24, 2.45) is 11.7 Å². The number of nitrogens with one attached hydrogen (secondary N) is 1. The van der Waals surface area contributed by atoms with Crippen LogP contribution in [0.3, 0.4) is 0 Å². The first kappa shape index (κ1) is 17.5. The van der Waals surface area contributed by atoms with Gasteiger partial charge in [0.05, 0.1) is 6.04 Å². The van der Waals surface area contributed by atoms with Gasteiger partial charge in [-0.2, -0.15) is 0 Å². The Bertz CT molecular complexity index is 557. The first-order valence-electron chi connectivity index (χ1n) is 8.36. The van der Waals surface area contributed by atoms with Crippen molar-refractivity contribution in [3.05, 3.63) is 35.4 Å². The van der Waals surface area contributed by atoms with Crippen LogP contribution in [0.5, 0.6) is 0 Å². The van der Waals surface area contributed by atoms with Gasteiger partial charge < -0.3 is 11.1 Å². The summed E-state index contributed by atoms with van der Waals surface area (Å²) in [4.78, 5) is 25.6. The topological polar surface area (TPSA) is 75.4 Å². The summed E-state index contributed by atoms with van der Waals surface area (Å²) in [6.07, 6.45) is 1.88. The third kappa shape index (κ3) is 4.79. The summed E-state index contributed by atoms with van der Waals surface area (Å²) < 4.78 is 0. The van der Waals surface area contributed by atoms with E-state index in [9.17, 15) is 9.59 Å². The van der Waals surface area contributed by atoms with E-state index in [-0.39, 0.29) is 23.8 Å². The Morgan fingerprint density at radius 3 is 2.61 bits per heavy atom. The van der Waals surface area contributed by atoms with Crippen LogP contribution < -0.4 is 11.1 Å². The largest absolute Gasteiger partial charge is 0.370 e. The maximum Gasteiger partial charge on any atom is 0.237 e. The minimum Gasteiger partial charge on any atom is -0.370 e. The highest BCUT2D eigenvalue weighted by Gasteiger charge is 2.30. The predicted molar refractivity (Wildman–Crippen MR) is 90.6 cm³/mol. The third-order valence-corrected chi connectivity index (χ3v) is 4.35. The van der Waals surface area contributed by atoms with Crippen molar-refractivity contribution in [3.8, 4) is 0 Å². The zero-order chi connectivity index (χ0) is 16.8. The minimum absolute atomic E-state index is 0.0452. The van der Waals surface area contributed by atoms with Gasteiger partial charge in [-0.15, -0.1) is 0 Å². The Hall–Kier alpha value is -1.88. The number of rotatable bonds is 7. The molecule has 0 radical (unpaired) electrons. The lowest BCUT2D eigenvalue weighted by molar-refractivity contribution is -0.128. The highest BCUT2D eigenvalue weighted by Crippen LogP contribution is 2.23. The molecule has 1 atom stereocenters. The van der Waals surface area contributed by atoms with Gasteiger partial charge in [0.25, 0.3) is 0 Å². The van der Waals surface area contributed by atoms with E-state index in [1.54, 1.807) is 0 Å². The van der Waals surface area contributed by atoms with Gasteiger partial charge in [0.1, 0.15) is 0 Å². The standard InChI is InChI=1S/C18H27N3O2/c1-13(2)17(18(23)20-10-5-8-16(19)22)21-11-9-14-6-3-4-7-15(14)12-21/h3-4,6-7,13,17H,5,8-12H2,1-2H3,(H2,19,22)(H,20,23)/t17-/m0/s1. The molecule has 1 aromatic carbocycles. The average Bonchev–Trinajstić information content (AvgIpc) is 2.51. The SMILES string of the molecule is CC(C)[C@@H](C(=O)NCCCC(N)=O)N1CCc2ccccc2C1. The molecule has 3 N–H and O–H groups in total. The van der Waals surface area contributed by atoms with Gasteiger partial charge in [-0.25, -0.2) is 0 Å². The monoisotopic (exact) mass is 317 g/mol. The minimum atomic E-state index is -0.327. The smallest absolute Gasteiger partial charge is 0.237 e. The van der Waals surface area contributed by atoms with Gasteiger partial charge in [-0.05, 0) is 29.9 Å². The number of nitrogens with two attached hydrogens (primary N) is 1. The molecule has 1 aliphatic heterocycles. The van der Waals surface area contributed by atoms with Crippen LogP contribution in [0.2, 0.25) is 0 Å². The van der Waals surface area contributed by atoms with Crippen LogP contribution in [-0.4, -0.2) is 35.8 Å². The number of fused-ring (bicyclic) bond motifs is 1. The second kappa shape index (κ2) is 8.11. The van der Waals surface area contributed by atoms with Crippen LogP contribution in [0, 0.1) is 5.92 Å². The molecule has 0 aromatic heterocycles. The van der Waals surface area contributed by atoms with Crippen molar-refractivity contribution in [1.29, 1.82) is 0 Å². The predicted octanol–water partition coefficient (Wildman–Crippen LogP) is 1.45. The third-order valence-electron chi connectivity index (χ3n) is 4.35. The molecular weight excluding hydrogens is 290 g/mol. The van der Waals surface area contributed by atoms with E-state index in [1.165, 1.54) is 11.1 Å². The zero-order valence-corrected chi connectivity index (χ0v) is 14.0. The fourth-order valence-corrected chi connectivity index (χ4v) is 3.22. The summed E-state index contributed by atoms with van der Waals surface area (Å²) in [6, 6.07) is 8.29. The van der Waals surface area contributed by atoms with Gasteiger partial charge in [0.2, 0.25) is 11.8 Å². The average molecular weight is 317 g/mol. The van der Waals surface area contributed by atoms with Crippen molar-refractivity contribution < 1.29 is 9.59 Å². The molecule has 0 aliphatic carbocycles. The molecule has 0 saturated heterocycles. The number of carbonyl (C=O) groups excluding carboxylic acids is 2. The first-order valence-corrected chi connectivity index (χ1v) is 8.36. The molecule has 1 aliphatic rings. The van der Waals surface area contributed by atoms with Gasteiger partial charge in [-0.3, -0.25) is 14.5 Å². The van der Waals surface area contributed by atoms with E-state index in [0.717, 1.165) is 19.5 Å². The Labute approximate surface area is 138 Å². The van der Waals surface area contributed by atoms with Gasteiger partial charge in [-0.1, -0.05) is 38.1 Å². The van der Waals surface area contributed by atoms with E-state index in [1.807, 2.05) is 0 Å². The van der Waals surface area contributed by atoms with Crippen LogP contribution in [0.25, 0.3) is 0 Å². The summed E-state index contributed by atoms with van der Waals surface area (Å²) in [7, 11) is 0. The molecule has 0 fully saturated rings. The van der Waals surface area contributed by atoms with Crippen LogP contribution in [0.4, 0.5) is 0 Å². The van der Waals surface area contributed by atoms with E-state index < -0.39 is 0 Å². The highest BCUT2D eigenvalue weighted by atomic mass is 16.2. The summed E-state index contributed by atoms with van der Waals surface area (Å²) in [5, 5.41) is 2.95. The van der Waals surface area contributed by atoms with Gasteiger partial charge >= 0.3 is 0 Å². The van der Waals surface area contributed by atoms with Crippen molar-refractivity contribution in [2.45, 2.75) is 45.7 Å². The maximum atomic E-state index is 12.6. The quantitative estimate of drug-likeness (QED) is 0.748. The second-order valence-electron chi connectivity index (χ2n) is 6.54. The number of nitrogens with zero attached hydrogens (tertiary/aromatic N) is 1. The molecule has 1 heterocycles. The first-order chi connectivity index (χ1) is 11.0. The van der Waals surface area contributed by atoms with Crippen LogP contribution in [0.1, 0.15) is 37.8 Å². The van der Waals surface area contributed by atoms with Crippen molar-refractivity contribution >= 4 is 11.8 Å². The van der Waals surface area contributed by atoms with Crippen molar-refractivity contribution in [2.75, 3.05) is 13.1 Å². The molecule has 0 bridgehead atoms. The summed E-state index contributed by atoms with van der Waals surface area (Å²) >= 11 is 0. The fourth-order valence-electron chi connectivity index (χ4n) is 3.22. The maximum absolute atomic E-state index is 12.6. The van der Waals surface area contributed by atoms with E-state index >= 15 is 0 Å². The lowest BCUT2D eigenvalue weighted by Gasteiger charge is -2.36. The number of primary amides is 1. The van der Waals surface area contributed by atoms with Crippen LogP contribution in [0.15, 0.2) is 24.3 Å². The zero-order valence-electron chi connectivity index (χ0n) is 14.0. The molecule has 0 spiro atoms. The molecule has 5 heteroatoms. The Morgan fingerprint density at radius 1 is 1.26 bits per heavy atom. The molecule has 2 amide bonds. The lowest BCUT2D eigenvalue weighted by atomic mass is 9.94. The molecular formula is C18H27N3O2. The van der Waals surface area contributed by atoms with Gasteiger partial charge in [0.15, 0.2) is 0 Å². The fraction of sp³-hybridized carbons (Fsp3) is 0.556. The normalized spacial score (nSPS) is 16.0. The van der Waals surface area contributed by atoms with Crippen LogP contribution >= 0.6 is 0 Å². The van der Waals surface area contributed by atoms with E-state index in [0.29, 0.717) is 19.4 Å². The number of carbonyl (C=O) groups is 2.